The van der Waals surface area contributed by atoms with Crippen molar-refractivity contribution in [3.63, 3.8) is 0 Å². The zero-order valence-corrected chi connectivity index (χ0v) is 13.3. The molecule has 118 valence electrons. The van der Waals surface area contributed by atoms with Gasteiger partial charge in [-0.1, -0.05) is 0 Å². The number of likely N-dealkylation sites (tertiary alicyclic amines) is 1. The van der Waals surface area contributed by atoms with Crippen molar-refractivity contribution in [2.24, 2.45) is 0 Å². The topological polar surface area (TPSA) is 28.2 Å². The van der Waals surface area contributed by atoms with E-state index >= 15 is 0 Å². The smallest absolute Gasteiger partial charge is 0.160 e. The molecule has 2 aromatic rings. The van der Waals surface area contributed by atoms with Gasteiger partial charge in [0.05, 0.1) is 5.01 Å². The summed E-state index contributed by atoms with van der Waals surface area (Å²) in [6.07, 6.45) is 4.07. The van der Waals surface area contributed by atoms with Gasteiger partial charge in [-0.05, 0) is 38.4 Å². The highest BCUT2D eigenvalue weighted by Crippen LogP contribution is 2.21. The lowest BCUT2D eigenvalue weighted by atomic mass is 10.1. The SMILES string of the molecule is Cc1ncc(CN2CCCC(Nc3ccc(F)c(F)c3)C2)s1. The van der Waals surface area contributed by atoms with Crippen LogP contribution in [0.1, 0.15) is 22.7 Å². The van der Waals surface area contributed by atoms with E-state index in [1.807, 2.05) is 13.1 Å². The van der Waals surface area contributed by atoms with Gasteiger partial charge in [-0.2, -0.15) is 0 Å². The van der Waals surface area contributed by atoms with Crippen LogP contribution in [-0.4, -0.2) is 29.0 Å². The lowest BCUT2D eigenvalue weighted by Gasteiger charge is -2.33. The summed E-state index contributed by atoms with van der Waals surface area (Å²) in [6, 6.07) is 4.23. The van der Waals surface area contributed by atoms with Gasteiger partial charge in [-0.3, -0.25) is 4.90 Å². The monoisotopic (exact) mass is 323 g/mol. The molecule has 0 bridgehead atoms. The number of hydrogen-bond acceptors (Lipinski definition) is 4. The molecule has 1 aromatic carbocycles. The van der Waals surface area contributed by atoms with Gasteiger partial charge in [0, 0.05) is 42.0 Å². The van der Waals surface area contributed by atoms with Crippen molar-refractivity contribution < 1.29 is 8.78 Å². The minimum atomic E-state index is -0.809. The fourth-order valence-electron chi connectivity index (χ4n) is 2.84. The number of rotatable bonds is 4. The molecule has 1 fully saturated rings. The van der Waals surface area contributed by atoms with Gasteiger partial charge < -0.3 is 5.32 Å². The molecular formula is C16H19F2N3S. The number of piperidine rings is 1. The molecule has 1 aliphatic heterocycles. The van der Waals surface area contributed by atoms with Gasteiger partial charge in [0.15, 0.2) is 11.6 Å². The zero-order valence-electron chi connectivity index (χ0n) is 12.5. The van der Waals surface area contributed by atoms with Crippen LogP contribution in [0.4, 0.5) is 14.5 Å². The van der Waals surface area contributed by atoms with Crippen molar-refractivity contribution in [1.29, 1.82) is 0 Å². The highest BCUT2D eigenvalue weighted by molar-refractivity contribution is 7.11. The predicted octanol–water partition coefficient (Wildman–Crippen LogP) is 3.81. The van der Waals surface area contributed by atoms with Crippen LogP contribution in [0.15, 0.2) is 24.4 Å². The summed E-state index contributed by atoms with van der Waals surface area (Å²) in [7, 11) is 0. The Bertz CT molecular complexity index is 644. The number of benzene rings is 1. The Balaban J connectivity index is 1.59. The van der Waals surface area contributed by atoms with E-state index in [1.165, 1.54) is 17.0 Å². The Hall–Kier alpha value is -1.53. The van der Waals surface area contributed by atoms with Crippen LogP contribution < -0.4 is 5.32 Å². The van der Waals surface area contributed by atoms with E-state index in [9.17, 15) is 8.78 Å². The molecule has 1 saturated heterocycles. The number of nitrogens with zero attached hydrogens (tertiary/aromatic N) is 2. The normalized spacial score (nSPS) is 19.3. The molecule has 1 aliphatic rings. The number of hydrogen-bond donors (Lipinski definition) is 1. The summed E-state index contributed by atoms with van der Waals surface area (Å²) in [5, 5.41) is 4.40. The van der Waals surface area contributed by atoms with Gasteiger partial charge in [0.2, 0.25) is 0 Å². The Morgan fingerprint density at radius 1 is 1.36 bits per heavy atom. The van der Waals surface area contributed by atoms with Gasteiger partial charge in [-0.15, -0.1) is 11.3 Å². The average Bonchev–Trinajstić information content (AvgIpc) is 2.89. The van der Waals surface area contributed by atoms with E-state index in [0.29, 0.717) is 5.69 Å². The summed E-state index contributed by atoms with van der Waals surface area (Å²) in [5.41, 5.74) is 0.638. The van der Waals surface area contributed by atoms with E-state index in [-0.39, 0.29) is 6.04 Å². The second kappa shape index (κ2) is 6.71. The van der Waals surface area contributed by atoms with E-state index in [1.54, 1.807) is 17.4 Å². The lowest BCUT2D eigenvalue weighted by molar-refractivity contribution is 0.210. The quantitative estimate of drug-likeness (QED) is 0.927. The number of thiazole rings is 1. The first-order valence-electron chi connectivity index (χ1n) is 7.45. The number of anilines is 1. The molecule has 6 heteroatoms. The van der Waals surface area contributed by atoms with Crippen LogP contribution in [0.3, 0.4) is 0 Å². The van der Waals surface area contributed by atoms with Crippen molar-refractivity contribution in [2.75, 3.05) is 18.4 Å². The minimum absolute atomic E-state index is 0.257. The lowest BCUT2D eigenvalue weighted by Crippen LogP contribution is -2.41. The van der Waals surface area contributed by atoms with Gasteiger partial charge in [-0.25, -0.2) is 13.8 Å². The van der Waals surface area contributed by atoms with Crippen molar-refractivity contribution in [1.82, 2.24) is 9.88 Å². The first-order valence-corrected chi connectivity index (χ1v) is 8.27. The highest BCUT2D eigenvalue weighted by Gasteiger charge is 2.20. The van der Waals surface area contributed by atoms with Gasteiger partial charge in [0.1, 0.15) is 0 Å². The first kappa shape index (κ1) is 15.4. The van der Waals surface area contributed by atoms with Crippen molar-refractivity contribution in [3.8, 4) is 0 Å². The molecule has 0 aliphatic carbocycles. The summed E-state index contributed by atoms with van der Waals surface area (Å²) >= 11 is 1.73. The third-order valence-electron chi connectivity index (χ3n) is 3.84. The Labute approximate surface area is 133 Å². The van der Waals surface area contributed by atoms with Crippen LogP contribution in [0.2, 0.25) is 0 Å². The van der Waals surface area contributed by atoms with Gasteiger partial charge in [0.25, 0.3) is 0 Å². The summed E-state index contributed by atoms with van der Waals surface area (Å²) in [5.74, 6) is -1.62. The Morgan fingerprint density at radius 2 is 2.23 bits per heavy atom. The van der Waals surface area contributed by atoms with Crippen LogP contribution >= 0.6 is 11.3 Å². The maximum absolute atomic E-state index is 13.3. The standard InChI is InChI=1S/C16H19F2N3S/c1-11-19-8-14(22-11)10-21-6-2-3-13(9-21)20-12-4-5-15(17)16(18)7-12/h4-5,7-8,13,20H,2-3,6,9-10H2,1H3. The molecule has 3 rings (SSSR count). The fraction of sp³-hybridized carbons (Fsp3) is 0.438. The van der Waals surface area contributed by atoms with Crippen LogP contribution in [0, 0.1) is 18.6 Å². The minimum Gasteiger partial charge on any atom is -0.381 e. The maximum Gasteiger partial charge on any atom is 0.160 e. The summed E-state index contributed by atoms with van der Waals surface area (Å²) in [6.45, 7) is 4.88. The van der Waals surface area contributed by atoms with Crippen molar-refractivity contribution in [2.45, 2.75) is 32.4 Å². The number of halogens is 2. The third kappa shape index (κ3) is 3.81. The number of aromatic nitrogens is 1. The predicted molar refractivity (Wildman–Crippen MR) is 85.1 cm³/mol. The first-order chi connectivity index (χ1) is 10.6. The Kier molecular flexibility index (Phi) is 4.69. The van der Waals surface area contributed by atoms with Crippen molar-refractivity contribution >= 4 is 17.0 Å². The molecule has 0 spiro atoms. The van der Waals surface area contributed by atoms with Crippen molar-refractivity contribution in [3.05, 3.63) is 45.9 Å². The number of aryl methyl sites for hydroxylation is 1. The van der Waals surface area contributed by atoms with Crippen LogP contribution in [0.25, 0.3) is 0 Å². The second-order valence-corrected chi connectivity index (χ2v) is 7.01. The molecule has 0 saturated carbocycles. The molecule has 0 radical (unpaired) electrons. The maximum atomic E-state index is 13.3. The Morgan fingerprint density at radius 3 is 2.95 bits per heavy atom. The van der Waals surface area contributed by atoms with Gasteiger partial charge >= 0.3 is 0 Å². The molecule has 1 atom stereocenters. The third-order valence-corrected chi connectivity index (χ3v) is 4.74. The summed E-state index contributed by atoms with van der Waals surface area (Å²) < 4.78 is 26.2. The highest BCUT2D eigenvalue weighted by atomic mass is 32.1. The second-order valence-electron chi connectivity index (χ2n) is 5.69. The van der Waals surface area contributed by atoms with Crippen LogP contribution in [0.5, 0.6) is 0 Å². The molecular weight excluding hydrogens is 304 g/mol. The molecule has 0 amide bonds. The molecule has 3 nitrogen and oxygen atoms in total. The fourth-order valence-corrected chi connectivity index (χ4v) is 3.67. The molecule has 1 aromatic heterocycles. The van der Waals surface area contributed by atoms with Crippen LogP contribution in [-0.2, 0) is 6.54 Å². The molecule has 1 N–H and O–H groups in total. The van der Waals surface area contributed by atoms with E-state index < -0.39 is 11.6 Å². The molecule has 2 heterocycles. The molecule has 22 heavy (non-hydrogen) atoms. The molecule has 1 unspecified atom stereocenters. The average molecular weight is 323 g/mol. The number of nitrogens with one attached hydrogen (secondary N) is 1. The van der Waals surface area contributed by atoms with E-state index in [0.717, 1.165) is 37.5 Å². The van der Waals surface area contributed by atoms with E-state index in [4.69, 9.17) is 0 Å². The zero-order chi connectivity index (χ0) is 15.5. The summed E-state index contributed by atoms with van der Waals surface area (Å²) in [4.78, 5) is 7.94. The van der Waals surface area contributed by atoms with E-state index in [2.05, 4.69) is 15.2 Å². The largest absolute Gasteiger partial charge is 0.381 e.